The molecule has 2 aromatic rings. The van der Waals surface area contributed by atoms with Crippen LogP contribution in [0.15, 0.2) is 41.0 Å². The minimum absolute atomic E-state index is 0. The van der Waals surface area contributed by atoms with E-state index in [1.165, 1.54) is 4.88 Å². The number of thiophene rings is 1. The van der Waals surface area contributed by atoms with Gasteiger partial charge < -0.3 is 10.6 Å². The summed E-state index contributed by atoms with van der Waals surface area (Å²) in [5.41, 5.74) is 0. The van der Waals surface area contributed by atoms with E-state index in [1.54, 1.807) is 17.5 Å². The summed E-state index contributed by atoms with van der Waals surface area (Å²) >= 11 is 1.74. The summed E-state index contributed by atoms with van der Waals surface area (Å²) in [7, 11) is 0. The highest BCUT2D eigenvalue weighted by atomic mass is 127. The van der Waals surface area contributed by atoms with Gasteiger partial charge in [0.2, 0.25) is 0 Å². The predicted molar refractivity (Wildman–Crippen MR) is 99.4 cm³/mol. The molecule has 0 saturated carbocycles. The van der Waals surface area contributed by atoms with Crippen LogP contribution >= 0.6 is 35.3 Å². The van der Waals surface area contributed by atoms with Crippen molar-refractivity contribution in [3.8, 4) is 0 Å². The van der Waals surface area contributed by atoms with Crippen molar-refractivity contribution in [2.24, 2.45) is 4.99 Å². The largest absolute Gasteiger partial charge is 0.357 e. The van der Waals surface area contributed by atoms with E-state index in [0.717, 1.165) is 38.6 Å². The Morgan fingerprint density at radius 1 is 1.38 bits per heavy atom. The van der Waals surface area contributed by atoms with Crippen molar-refractivity contribution in [2.75, 3.05) is 13.1 Å². The molecule has 0 aliphatic rings. The van der Waals surface area contributed by atoms with Crippen LogP contribution in [-0.4, -0.2) is 28.8 Å². The molecule has 2 aromatic heterocycles. The van der Waals surface area contributed by atoms with Crippen molar-refractivity contribution >= 4 is 41.3 Å². The zero-order chi connectivity index (χ0) is 14.0. The van der Waals surface area contributed by atoms with Crippen LogP contribution in [-0.2, 0) is 13.1 Å². The number of nitrogens with zero attached hydrogens (tertiary/aromatic N) is 3. The van der Waals surface area contributed by atoms with Gasteiger partial charge in [0.15, 0.2) is 5.96 Å². The maximum absolute atomic E-state index is 4.57. The van der Waals surface area contributed by atoms with Crippen molar-refractivity contribution in [3.05, 3.63) is 40.8 Å². The van der Waals surface area contributed by atoms with Gasteiger partial charge >= 0.3 is 0 Å². The molecule has 0 fully saturated rings. The number of rotatable bonds is 7. The molecule has 116 valence electrons. The topological polar surface area (TPSA) is 54.2 Å². The van der Waals surface area contributed by atoms with Gasteiger partial charge in [0.25, 0.3) is 0 Å². The summed E-state index contributed by atoms with van der Waals surface area (Å²) in [4.78, 5) is 5.85. The number of nitrogens with one attached hydrogen (secondary N) is 2. The van der Waals surface area contributed by atoms with Crippen LogP contribution in [0.4, 0.5) is 0 Å². The first-order valence-corrected chi connectivity index (χ1v) is 7.78. The lowest BCUT2D eigenvalue weighted by molar-refractivity contribution is 0.570. The highest BCUT2D eigenvalue weighted by Crippen LogP contribution is 2.09. The summed E-state index contributed by atoms with van der Waals surface area (Å²) in [6.07, 6.45) is 4.81. The van der Waals surface area contributed by atoms with Gasteiger partial charge in [0, 0.05) is 36.9 Å². The fourth-order valence-corrected chi connectivity index (χ4v) is 2.41. The molecule has 0 amide bonds. The lowest BCUT2D eigenvalue weighted by atomic mass is 10.4. The second-order valence-corrected chi connectivity index (χ2v) is 5.36. The smallest absolute Gasteiger partial charge is 0.191 e. The Kier molecular flexibility index (Phi) is 9.07. The van der Waals surface area contributed by atoms with Gasteiger partial charge in [-0.25, -0.2) is 4.99 Å². The Morgan fingerprint density at radius 3 is 2.95 bits per heavy atom. The third kappa shape index (κ3) is 6.94. The van der Waals surface area contributed by atoms with E-state index in [4.69, 9.17) is 0 Å². The van der Waals surface area contributed by atoms with Gasteiger partial charge in [0.05, 0.1) is 6.54 Å². The number of guanidine groups is 1. The quantitative estimate of drug-likeness (QED) is 0.314. The van der Waals surface area contributed by atoms with Gasteiger partial charge in [-0.2, -0.15) is 5.10 Å². The van der Waals surface area contributed by atoms with Crippen LogP contribution in [0.3, 0.4) is 0 Å². The van der Waals surface area contributed by atoms with Crippen molar-refractivity contribution in [2.45, 2.75) is 26.4 Å². The molecule has 5 nitrogen and oxygen atoms in total. The molecule has 7 heteroatoms. The lowest BCUT2D eigenvalue weighted by Crippen LogP contribution is -2.38. The minimum atomic E-state index is 0. The molecular weight excluding hydrogens is 397 g/mol. The Balaban J connectivity index is 0.00000220. The second kappa shape index (κ2) is 10.6. The van der Waals surface area contributed by atoms with E-state index < -0.39 is 0 Å². The Morgan fingerprint density at radius 2 is 2.29 bits per heavy atom. The number of hydrogen-bond acceptors (Lipinski definition) is 3. The van der Waals surface area contributed by atoms with Gasteiger partial charge in [-0.15, -0.1) is 35.3 Å². The van der Waals surface area contributed by atoms with E-state index in [2.05, 4.69) is 45.2 Å². The summed E-state index contributed by atoms with van der Waals surface area (Å²) in [6.45, 7) is 5.48. The maximum Gasteiger partial charge on any atom is 0.191 e. The first-order valence-electron chi connectivity index (χ1n) is 6.90. The fourth-order valence-electron chi connectivity index (χ4n) is 1.78. The van der Waals surface area contributed by atoms with Crippen LogP contribution in [0.2, 0.25) is 0 Å². The molecule has 0 aliphatic carbocycles. The van der Waals surface area contributed by atoms with E-state index in [-0.39, 0.29) is 24.0 Å². The number of halogens is 1. The van der Waals surface area contributed by atoms with E-state index in [9.17, 15) is 0 Å². The van der Waals surface area contributed by atoms with Crippen LogP contribution in [0.1, 0.15) is 18.2 Å². The summed E-state index contributed by atoms with van der Waals surface area (Å²) in [5.74, 6) is 0.876. The summed E-state index contributed by atoms with van der Waals surface area (Å²) in [5, 5.41) is 12.9. The van der Waals surface area contributed by atoms with Gasteiger partial charge in [0.1, 0.15) is 0 Å². The highest BCUT2D eigenvalue weighted by Gasteiger charge is 1.98. The number of aryl methyl sites for hydroxylation is 1. The van der Waals surface area contributed by atoms with Crippen LogP contribution in [0.5, 0.6) is 0 Å². The van der Waals surface area contributed by atoms with Crippen molar-refractivity contribution in [3.63, 3.8) is 0 Å². The second-order valence-electron chi connectivity index (χ2n) is 4.32. The predicted octanol–water partition coefficient (Wildman–Crippen LogP) is 2.71. The van der Waals surface area contributed by atoms with Gasteiger partial charge in [-0.3, -0.25) is 4.68 Å². The third-order valence-corrected chi connectivity index (χ3v) is 3.59. The molecule has 2 N–H and O–H groups in total. The first kappa shape index (κ1) is 18.0. The Hall–Kier alpha value is -1.09. The molecule has 0 spiro atoms. The average Bonchev–Trinajstić information content (AvgIpc) is 3.13. The molecule has 0 bridgehead atoms. The first-order chi connectivity index (χ1) is 9.88. The molecule has 0 aromatic carbocycles. The number of aliphatic imine (C=N–C) groups is 1. The molecule has 0 aliphatic heterocycles. The monoisotopic (exact) mass is 419 g/mol. The number of hydrogen-bond donors (Lipinski definition) is 2. The van der Waals surface area contributed by atoms with Crippen LogP contribution in [0, 0.1) is 0 Å². The SMILES string of the molecule is CCNC(=NCc1cccs1)NCCCn1cccn1.I. The van der Waals surface area contributed by atoms with Crippen molar-refractivity contribution in [1.29, 1.82) is 0 Å². The molecule has 0 radical (unpaired) electrons. The average molecular weight is 419 g/mol. The summed E-state index contributed by atoms with van der Waals surface area (Å²) in [6, 6.07) is 6.11. The van der Waals surface area contributed by atoms with Crippen LogP contribution < -0.4 is 10.6 Å². The Bertz CT molecular complexity index is 495. The van der Waals surface area contributed by atoms with Crippen molar-refractivity contribution in [1.82, 2.24) is 20.4 Å². The molecule has 0 atom stereocenters. The minimum Gasteiger partial charge on any atom is -0.357 e. The van der Waals surface area contributed by atoms with Gasteiger partial charge in [-0.1, -0.05) is 6.07 Å². The lowest BCUT2D eigenvalue weighted by Gasteiger charge is -2.11. The molecule has 21 heavy (non-hydrogen) atoms. The fraction of sp³-hybridized carbons (Fsp3) is 0.429. The number of aromatic nitrogens is 2. The third-order valence-electron chi connectivity index (χ3n) is 2.73. The highest BCUT2D eigenvalue weighted by molar-refractivity contribution is 14.0. The Labute approximate surface area is 146 Å². The van der Waals surface area contributed by atoms with E-state index in [0.29, 0.717) is 0 Å². The van der Waals surface area contributed by atoms with Gasteiger partial charge in [-0.05, 0) is 30.9 Å². The maximum atomic E-state index is 4.57. The van der Waals surface area contributed by atoms with Crippen LogP contribution in [0.25, 0.3) is 0 Å². The molecule has 2 rings (SSSR count). The normalized spacial score (nSPS) is 11.0. The van der Waals surface area contributed by atoms with E-state index >= 15 is 0 Å². The summed E-state index contributed by atoms with van der Waals surface area (Å²) < 4.78 is 1.94. The standard InChI is InChI=1S/C14H21N5S.HI/c1-2-15-14(17-12-13-6-3-11-20-13)16-7-4-9-19-10-5-8-18-19;/h3,5-6,8,10-11H,2,4,7,9,12H2,1H3,(H2,15,16,17);1H. The van der Waals surface area contributed by atoms with Crippen molar-refractivity contribution < 1.29 is 0 Å². The molecule has 0 saturated heterocycles. The molecular formula is C14H22IN5S. The molecule has 0 unspecified atom stereocenters. The zero-order valence-electron chi connectivity index (χ0n) is 12.2. The van der Waals surface area contributed by atoms with E-state index in [1.807, 2.05) is 16.9 Å². The molecule has 2 heterocycles. The zero-order valence-corrected chi connectivity index (χ0v) is 15.3.